The second kappa shape index (κ2) is 6.40. The van der Waals surface area contributed by atoms with Crippen molar-refractivity contribution in [2.45, 2.75) is 12.7 Å². The first-order valence-electron chi connectivity index (χ1n) is 6.45. The minimum atomic E-state index is -4.36. The van der Waals surface area contributed by atoms with Crippen LogP contribution in [0, 0.1) is 0 Å². The third-order valence-electron chi connectivity index (χ3n) is 3.15. The van der Waals surface area contributed by atoms with Crippen molar-refractivity contribution >= 4 is 17.5 Å². The molecule has 0 aliphatic heterocycles. The predicted molar refractivity (Wildman–Crippen MR) is 78.7 cm³/mol. The van der Waals surface area contributed by atoms with Gasteiger partial charge in [0.05, 0.1) is 16.1 Å². The number of carbonyl (C=O) groups is 1. The van der Waals surface area contributed by atoms with E-state index >= 15 is 0 Å². The number of carbonyl (C=O) groups excluding carboxylic acids is 1. The van der Waals surface area contributed by atoms with Crippen LogP contribution in [0.5, 0.6) is 0 Å². The molecule has 2 rings (SSSR count). The zero-order valence-corrected chi connectivity index (χ0v) is 12.4. The SMILES string of the molecule is CN(Cc1ccc(C(F)(F)F)cc1)C(=O)c1ccccc1Cl. The largest absolute Gasteiger partial charge is 0.416 e. The van der Waals surface area contributed by atoms with Crippen molar-refractivity contribution in [2.75, 3.05) is 7.05 Å². The van der Waals surface area contributed by atoms with Crippen molar-refractivity contribution in [1.82, 2.24) is 4.90 Å². The number of hydrogen-bond acceptors (Lipinski definition) is 1. The summed E-state index contributed by atoms with van der Waals surface area (Å²) < 4.78 is 37.5. The van der Waals surface area contributed by atoms with E-state index in [-0.39, 0.29) is 12.5 Å². The number of nitrogens with zero attached hydrogens (tertiary/aromatic N) is 1. The first kappa shape index (κ1) is 16.4. The molecule has 0 spiro atoms. The Kier molecular flexibility index (Phi) is 4.76. The fourth-order valence-corrected chi connectivity index (χ4v) is 2.20. The van der Waals surface area contributed by atoms with Crippen LogP contribution in [0.2, 0.25) is 5.02 Å². The van der Waals surface area contributed by atoms with Gasteiger partial charge in [0.2, 0.25) is 0 Å². The van der Waals surface area contributed by atoms with Crippen LogP contribution in [0.15, 0.2) is 48.5 Å². The molecule has 0 bridgehead atoms. The van der Waals surface area contributed by atoms with E-state index < -0.39 is 11.7 Å². The van der Waals surface area contributed by atoms with Crippen LogP contribution in [0.4, 0.5) is 13.2 Å². The molecule has 0 aliphatic rings. The average molecular weight is 328 g/mol. The quantitative estimate of drug-likeness (QED) is 0.804. The lowest BCUT2D eigenvalue weighted by atomic mass is 10.1. The monoisotopic (exact) mass is 327 g/mol. The zero-order valence-electron chi connectivity index (χ0n) is 11.7. The Hall–Kier alpha value is -2.01. The van der Waals surface area contributed by atoms with Gasteiger partial charge in [0.25, 0.3) is 5.91 Å². The molecule has 116 valence electrons. The van der Waals surface area contributed by atoms with E-state index in [1.165, 1.54) is 17.0 Å². The molecule has 0 fully saturated rings. The normalized spacial score (nSPS) is 11.3. The van der Waals surface area contributed by atoms with Gasteiger partial charge in [0.15, 0.2) is 0 Å². The Labute approximate surface area is 131 Å². The zero-order chi connectivity index (χ0) is 16.3. The number of halogens is 4. The van der Waals surface area contributed by atoms with Crippen LogP contribution in [0.25, 0.3) is 0 Å². The standard InChI is InChI=1S/C16H13ClF3NO/c1-21(15(22)13-4-2-3-5-14(13)17)10-11-6-8-12(9-7-11)16(18,19)20/h2-9H,10H2,1H3. The van der Waals surface area contributed by atoms with E-state index in [0.29, 0.717) is 16.1 Å². The number of amides is 1. The Balaban J connectivity index is 2.10. The minimum Gasteiger partial charge on any atom is -0.337 e. The van der Waals surface area contributed by atoms with Gasteiger partial charge in [-0.05, 0) is 29.8 Å². The number of benzene rings is 2. The summed E-state index contributed by atoms with van der Waals surface area (Å²) in [5.74, 6) is -0.287. The maximum absolute atomic E-state index is 12.5. The Morgan fingerprint density at radius 1 is 1.09 bits per heavy atom. The van der Waals surface area contributed by atoms with Gasteiger partial charge in [0.1, 0.15) is 0 Å². The highest BCUT2D eigenvalue weighted by molar-refractivity contribution is 6.33. The van der Waals surface area contributed by atoms with Crippen molar-refractivity contribution in [3.8, 4) is 0 Å². The van der Waals surface area contributed by atoms with Crippen LogP contribution < -0.4 is 0 Å². The lowest BCUT2D eigenvalue weighted by Gasteiger charge is -2.18. The van der Waals surface area contributed by atoms with Gasteiger partial charge in [0, 0.05) is 13.6 Å². The summed E-state index contributed by atoms with van der Waals surface area (Å²) in [6.45, 7) is 0.197. The van der Waals surface area contributed by atoms with Crippen LogP contribution in [-0.4, -0.2) is 17.9 Å². The maximum Gasteiger partial charge on any atom is 0.416 e. The topological polar surface area (TPSA) is 20.3 Å². The first-order valence-corrected chi connectivity index (χ1v) is 6.83. The van der Waals surface area contributed by atoms with Crippen molar-refractivity contribution in [3.63, 3.8) is 0 Å². The highest BCUT2D eigenvalue weighted by atomic mass is 35.5. The predicted octanol–water partition coefficient (Wildman–Crippen LogP) is 4.63. The number of rotatable bonds is 3. The fourth-order valence-electron chi connectivity index (χ4n) is 1.99. The van der Waals surface area contributed by atoms with Gasteiger partial charge < -0.3 is 4.90 Å². The number of alkyl halides is 3. The van der Waals surface area contributed by atoms with Gasteiger partial charge in [-0.1, -0.05) is 35.9 Å². The molecular formula is C16H13ClF3NO. The Morgan fingerprint density at radius 2 is 1.68 bits per heavy atom. The van der Waals surface area contributed by atoms with Gasteiger partial charge in [-0.25, -0.2) is 0 Å². The van der Waals surface area contributed by atoms with Crippen LogP contribution >= 0.6 is 11.6 Å². The third-order valence-corrected chi connectivity index (χ3v) is 3.48. The smallest absolute Gasteiger partial charge is 0.337 e. The summed E-state index contributed by atoms with van der Waals surface area (Å²) in [6, 6.07) is 11.4. The molecule has 0 saturated carbocycles. The lowest BCUT2D eigenvalue weighted by molar-refractivity contribution is -0.137. The summed E-state index contributed by atoms with van der Waals surface area (Å²) in [5.41, 5.74) is 0.255. The van der Waals surface area contributed by atoms with Crippen molar-refractivity contribution in [3.05, 3.63) is 70.2 Å². The average Bonchev–Trinajstić information content (AvgIpc) is 2.46. The molecule has 6 heteroatoms. The van der Waals surface area contributed by atoms with Crippen molar-refractivity contribution < 1.29 is 18.0 Å². The molecule has 0 unspecified atom stereocenters. The molecule has 0 saturated heterocycles. The molecule has 2 nitrogen and oxygen atoms in total. The molecule has 2 aromatic rings. The molecule has 0 atom stereocenters. The van der Waals surface area contributed by atoms with E-state index in [1.807, 2.05) is 0 Å². The second-order valence-corrected chi connectivity index (χ2v) is 5.24. The first-order chi connectivity index (χ1) is 10.3. The van der Waals surface area contributed by atoms with Crippen LogP contribution in [0.1, 0.15) is 21.5 Å². The molecular weight excluding hydrogens is 315 g/mol. The van der Waals surface area contributed by atoms with E-state index in [1.54, 1.807) is 31.3 Å². The van der Waals surface area contributed by atoms with E-state index in [4.69, 9.17) is 11.6 Å². The summed E-state index contributed by atoms with van der Waals surface area (Å²) in [7, 11) is 1.57. The third kappa shape index (κ3) is 3.80. The highest BCUT2D eigenvalue weighted by Gasteiger charge is 2.30. The van der Waals surface area contributed by atoms with Gasteiger partial charge in [-0.2, -0.15) is 13.2 Å². The summed E-state index contributed by atoms with van der Waals surface area (Å²) in [6.07, 6.45) is -4.36. The maximum atomic E-state index is 12.5. The molecule has 0 aromatic heterocycles. The molecule has 1 amide bonds. The fraction of sp³-hybridized carbons (Fsp3) is 0.188. The van der Waals surface area contributed by atoms with Crippen LogP contribution in [0.3, 0.4) is 0 Å². The van der Waals surface area contributed by atoms with Gasteiger partial charge >= 0.3 is 6.18 Å². The van der Waals surface area contributed by atoms with E-state index in [9.17, 15) is 18.0 Å². The Morgan fingerprint density at radius 3 is 2.23 bits per heavy atom. The molecule has 2 aromatic carbocycles. The molecule has 0 radical (unpaired) electrons. The van der Waals surface area contributed by atoms with Crippen molar-refractivity contribution in [2.24, 2.45) is 0 Å². The molecule has 22 heavy (non-hydrogen) atoms. The van der Waals surface area contributed by atoms with Crippen molar-refractivity contribution in [1.29, 1.82) is 0 Å². The highest BCUT2D eigenvalue weighted by Crippen LogP contribution is 2.29. The van der Waals surface area contributed by atoms with Crippen LogP contribution in [-0.2, 0) is 12.7 Å². The summed E-state index contributed by atoms with van der Waals surface area (Å²) in [5, 5.41) is 0.340. The lowest BCUT2D eigenvalue weighted by Crippen LogP contribution is -2.26. The second-order valence-electron chi connectivity index (χ2n) is 4.84. The van der Waals surface area contributed by atoms with E-state index in [0.717, 1.165) is 12.1 Å². The Bertz CT molecular complexity index is 668. The van der Waals surface area contributed by atoms with Gasteiger partial charge in [-0.15, -0.1) is 0 Å². The molecule has 0 N–H and O–H groups in total. The molecule has 0 aliphatic carbocycles. The minimum absolute atomic E-state index is 0.197. The van der Waals surface area contributed by atoms with Gasteiger partial charge in [-0.3, -0.25) is 4.79 Å². The van der Waals surface area contributed by atoms with E-state index in [2.05, 4.69) is 0 Å². The number of hydrogen-bond donors (Lipinski definition) is 0. The summed E-state index contributed by atoms with van der Waals surface area (Å²) in [4.78, 5) is 13.7. The summed E-state index contributed by atoms with van der Waals surface area (Å²) >= 11 is 5.96. The molecule has 0 heterocycles.